The van der Waals surface area contributed by atoms with Crippen LogP contribution in [0.15, 0.2) is 36.5 Å². The monoisotopic (exact) mass is 346 g/mol. The summed E-state index contributed by atoms with van der Waals surface area (Å²) in [5.74, 6) is -1.74. The number of piperazine rings is 1. The van der Waals surface area contributed by atoms with Crippen molar-refractivity contribution in [3.05, 3.63) is 53.9 Å². The van der Waals surface area contributed by atoms with Gasteiger partial charge in [0.25, 0.3) is 5.91 Å². The molecule has 1 fully saturated rings. The Morgan fingerprint density at radius 3 is 2.44 bits per heavy atom. The maximum absolute atomic E-state index is 13.7. The number of hydrogen-bond donors (Lipinski definition) is 1. The second-order valence-corrected chi connectivity index (χ2v) is 5.58. The maximum Gasteiger partial charge on any atom is 0.272 e. The molecule has 1 aliphatic heterocycles. The Morgan fingerprint density at radius 1 is 1.12 bits per heavy atom. The second kappa shape index (κ2) is 7.25. The van der Waals surface area contributed by atoms with Gasteiger partial charge >= 0.3 is 0 Å². The molecule has 0 unspecified atom stereocenters. The van der Waals surface area contributed by atoms with E-state index in [2.05, 4.69) is 10.3 Å². The summed E-state index contributed by atoms with van der Waals surface area (Å²) in [4.78, 5) is 30.5. The van der Waals surface area contributed by atoms with E-state index in [1.807, 2.05) is 0 Å². The molecule has 0 aliphatic carbocycles. The number of benzene rings is 1. The van der Waals surface area contributed by atoms with Gasteiger partial charge in [0, 0.05) is 38.1 Å². The standard InChI is InChI=1S/C17H16F2N4O2/c18-13-2-1-3-14(19)16(13)21-12-4-5-20-15(10-12)17(25)23-8-6-22(11-24)7-9-23/h1-5,10-11H,6-9H2,(H,20,21). The van der Waals surface area contributed by atoms with Crippen molar-refractivity contribution in [2.45, 2.75) is 0 Å². The van der Waals surface area contributed by atoms with Gasteiger partial charge < -0.3 is 15.1 Å². The van der Waals surface area contributed by atoms with Crippen LogP contribution in [0.3, 0.4) is 0 Å². The van der Waals surface area contributed by atoms with Crippen LogP contribution in [0, 0.1) is 11.6 Å². The van der Waals surface area contributed by atoms with Crippen LogP contribution in [0.4, 0.5) is 20.2 Å². The second-order valence-electron chi connectivity index (χ2n) is 5.58. The number of carbonyl (C=O) groups excluding carboxylic acids is 2. The summed E-state index contributed by atoms with van der Waals surface area (Å²) < 4.78 is 27.5. The molecule has 1 aromatic heterocycles. The van der Waals surface area contributed by atoms with Crippen molar-refractivity contribution in [1.29, 1.82) is 0 Å². The van der Waals surface area contributed by atoms with E-state index in [1.54, 1.807) is 9.80 Å². The summed E-state index contributed by atoms with van der Waals surface area (Å²) in [7, 11) is 0. The Kier molecular flexibility index (Phi) is 4.87. The quantitative estimate of drug-likeness (QED) is 0.860. The Labute approximate surface area is 143 Å². The fraction of sp³-hybridized carbons (Fsp3) is 0.235. The Balaban J connectivity index is 1.75. The number of anilines is 2. The van der Waals surface area contributed by atoms with Gasteiger partial charge in [0.15, 0.2) is 0 Å². The van der Waals surface area contributed by atoms with Crippen LogP contribution in [-0.2, 0) is 4.79 Å². The van der Waals surface area contributed by atoms with E-state index in [1.165, 1.54) is 24.4 Å². The Hall–Kier alpha value is -3.03. The minimum atomic E-state index is -0.727. The van der Waals surface area contributed by atoms with Crippen LogP contribution in [0.1, 0.15) is 10.5 Å². The number of halogens is 2. The van der Waals surface area contributed by atoms with E-state index in [-0.39, 0.29) is 17.3 Å². The molecule has 3 rings (SSSR count). The molecule has 2 heterocycles. The first-order chi connectivity index (χ1) is 12.1. The van der Waals surface area contributed by atoms with E-state index < -0.39 is 11.6 Å². The van der Waals surface area contributed by atoms with Crippen molar-refractivity contribution < 1.29 is 18.4 Å². The van der Waals surface area contributed by atoms with Gasteiger partial charge in [-0.15, -0.1) is 0 Å². The van der Waals surface area contributed by atoms with Crippen molar-refractivity contribution in [2.24, 2.45) is 0 Å². The van der Waals surface area contributed by atoms with Crippen molar-refractivity contribution >= 4 is 23.7 Å². The SMILES string of the molecule is O=CN1CCN(C(=O)c2cc(Nc3c(F)cccc3F)ccn2)CC1. The van der Waals surface area contributed by atoms with E-state index >= 15 is 0 Å². The lowest BCUT2D eigenvalue weighted by Gasteiger charge is -2.32. The third kappa shape index (κ3) is 3.73. The molecule has 6 nitrogen and oxygen atoms in total. The lowest BCUT2D eigenvalue weighted by Crippen LogP contribution is -2.48. The predicted octanol–water partition coefficient (Wildman–Crippen LogP) is 2.02. The highest BCUT2D eigenvalue weighted by Crippen LogP contribution is 2.23. The number of nitrogens with one attached hydrogen (secondary N) is 1. The molecule has 0 saturated carbocycles. The van der Waals surface area contributed by atoms with Gasteiger partial charge in [-0.25, -0.2) is 8.78 Å². The largest absolute Gasteiger partial charge is 0.351 e. The maximum atomic E-state index is 13.7. The molecule has 8 heteroatoms. The number of nitrogens with zero attached hydrogens (tertiary/aromatic N) is 3. The lowest BCUT2D eigenvalue weighted by atomic mass is 10.2. The molecule has 0 spiro atoms. The number of para-hydroxylation sites is 1. The van der Waals surface area contributed by atoms with Crippen LogP contribution < -0.4 is 5.32 Å². The van der Waals surface area contributed by atoms with Crippen molar-refractivity contribution in [3.63, 3.8) is 0 Å². The minimum absolute atomic E-state index is 0.168. The van der Waals surface area contributed by atoms with Gasteiger partial charge in [-0.05, 0) is 24.3 Å². The molecule has 0 bridgehead atoms. The molecule has 1 N–H and O–H groups in total. The van der Waals surface area contributed by atoms with E-state index in [4.69, 9.17) is 0 Å². The van der Waals surface area contributed by atoms with Crippen molar-refractivity contribution in [2.75, 3.05) is 31.5 Å². The van der Waals surface area contributed by atoms with Gasteiger partial charge in [-0.1, -0.05) is 6.07 Å². The Morgan fingerprint density at radius 2 is 1.80 bits per heavy atom. The van der Waals surface area contributed by atoms with Crippen LogP contribution in [0.5, 0.6) is 0 Å². The van der Waals surface area contributed by atoms with E-state index in [9.17, 15) is 18.4 Å². The first-order valence-electron chi connectivity index (χ1n) is 7.74. The summed E-state index contributed by atoms with van der Waals surface area (Å²) in [6, 6.07) is 6.53. The molecule has 25 heavy (non-hydrogen) atoms. The highest BCUT2D eigenvalue weighted by molar-refractivity contribution is 5.93. The van der Waals surface area contributed by atoms with Gasteiger partial charge in [0.05, 0.1) is 0 Å². The number of carbonyl (C=O) groups is 2. The molecule has 1 aliphatic rings. The summed E-state index contributed by atoms with van der Waals surface area (Å²) in [5.41, 5.74) is 0.238. The van der Waals surface area contributed by atoms with Crippen LogP contribution in [0.25, 0.3) is 0 Å². The molecule has 0 atom stereocenters. The summed E-state index contributed by atoms with van der Waals surface area (Å²) in [5, 5.41) is 2.64. The van der Waals surface area contributed by atoms with E-state index in [0.29, 0.717) is 31.9 Å². The number of aromatic nitrogens is 1. The molecule has 0 radical (unpaired) electrons. The van der Waals surface area contributed by atoms with E-state index in [0.717, 1.165) is 18.5 Å². The normalized spacial score (nSPS) is 14.3. The summed E-state index contributed by atoms with van der Waals surface area (Å²) >= 11 is 0. The lowest BCUT2D eigenvalue weighted by molar-refractivity contribution is -0.119. The average Bonchev–Trinajstić information content (AvgIpc) is 2.64. The predicted molar refractivity (Wildman–Crippen MR) is 87.4 cm³/mol. The zero-order valence-corrected chi connectivity index (χ0v) is 13.3. The van der Waals surface area contributed by atoms with Crippen molar-refractivity contribution in [1.82, 2.24) is 14.8 Å². The van der Waals surface area contributed by atoms with Gasteiger partial charge in [0.1, 0.15) is 23.0 Å². The molecular formula is C17H16F2N4O2. The first kappa shape index (κ1) is 16.8. The van der Waals surface area contributed by atoms with Gasteiger partial charge in [-0.2, -0.15) is 0 Å². The number of amides is 2. The fourth-order valence-corrected chi connectivity index (χ4v) is 2.58. The Bertz CT molecular complexity index is 772. The molecular weight excluding hydrogens is 330 g/mol. The highest BCUT2D eigenvalue weighted by atomic mass is 19.1. The molecule has 1 saturated heterocycles. The average molecular weight is 346 g/mol. The number of rotatable bonds is 4. The zero-order valence-electron chi connectivity index (χ0n) is 13.3. The van der Waals surface area contributed by atoms with Gasteiger partial charge in [0.2, 0.25) is 6.41 Å². The van der Waals surface area contributed by atoms with Crippen LogP contribution in [0.2, 0.25) is 0 Å². The molecule has 2 amide bonds. The zero-order chi connectivity index (χ0) is 17.8. The van der Waals surface area contributed by atoms with Gasteiger partial charge in [-0.3, -0.25) is 14.6 Å². The minimum Gasteiger partial charge on any atom is -0.351 e. The third-order valence-corrected chi connectivity index (χ3v) is 3.96. The number of pyridine rings is 1. The van der Waals surface area contributed by atoms with Crippen molar-refractivity contribution in [3.8, 4) is 0 Å². The highest BCUT2D eigenvalue weighted by Gasteiger charge is 2.22. The smallest absolute Gasteiger partial charge is 0.272 e. The topological polar surface area (TPSA) is 65.5 Å². The fourth-order valence-electron chi connectivity index (χ4n) is 2.58. The molecule has 2 aromatic rings. The summed E-state index contributed by atoms with van der Waals surface area (Å²) in [6.45, 7) is 1.76. The first-order valence-corrected chi connectivity index (χ1v) is 7.74. The van der Waals surface area contributed by atoms with Crippen LogP contribution in [-0.4, -0.2) is 53.3 Å². The third-order valence-electron chi connectivity index (χ3n) is 3.96. The number of hydrogen-bond acceptors (Lipinski definition) is 4. The molecule has 130 valence electrons. The van der Waals surface area contributed by atoms with Crippen LogP contribution >= 0.6 is 0 Å². The molecule has 1 aromatic carbocycles. The summed E-state index contributed by atoms with van der Waals surface area (Å²) in [6.07, 6.45) is 2.16.